The van der Waals surface area contributed by atoms with Crippen molar-refractivity contribution in [2.45, 2.75) is 58.3 Å². The zero-order chi connectivity index (χ0) is 21.7. The fourth-order valence-electron chi connectivity index (χ4n) is 3.88. The summed E-state index contributed by atoms with van der Waals surface area (Å²) in [6.07, 6.45) is 9.82. The first-order chi connectivity index (χ1) is 14.5. The van der Waals surface area contributed by atoms with Gasteiger partial charge in [0.25, 0.3) is 0 Å². The number of nitrogens with one attached hydrogen (secondary N) is 1. The van der Waals surface area contributed by atoms with Crippen LogP contribution < -0.4 is 5.32 Å². The number of methoxy groups -OCH3 is 1. The van der Waals surface area contributed by atoms with Crippen LogP contribution >= 0.6 is 0 Å². The van der Waals surface area contributed by atoms with Gasteiger partial charge in [-0.3, -0.25) is 15.1 Å². The molecule has 0 aromatic heterocycles. The first-order valence-corrected chi connectivity index (χ1v) is 10.7. The van der Waals surface area contributed by atoms with E-state index >= 15 is 0 Å². The van der Waals surface area contributed by atoms with Crippen molar-refractivity contribution in [3.63, 3.8) is 0 Å². The van der Waals surface area contributed by atoms with E-state index in [4.69, 9.17) is 14.5 Å². The van der Waals surface area contributed by atoms with E-state index in [0.717, 1.165) is 38.1 Å². The van der Waals surface area contributed by atoms with Crippen LogP contribution in [-0.4, -0.2) is 72.6 Å². The molecule has 30 heavy (non-hydrogen) atoms. The van der Waals surface area contributed by atoms with Crippen molar-refractivity contribution in [2.75, 3.05) is 26.7 Å². The average molecular weight is 417 g/mol. The molecule has 164 valence electrons. The van der Waals surface area contributed by atoms with Crippen LogP contribution in [-0.2, 0) is 19.1 Å². The Bertz CT molecular complexity index is 780. The maximum Gasteiger partial charge on any atom is 0.338 e. The third-order valence-electron chi connectivity index (χ3n) is 5.34. The third-order valence-corrected chi connectivity index (χ3v) is 5.34. The smallest absolute Gasteiger partial charge is 0.338 e. The molecule has 0 aliphatic carbocycles. The number of carbonyl (C=O) groups excluding carboxylic acids is 2. The first kappa shape index (κ1) is 22.1. The van der Waals surface area contributed by atoms with Gasteiger partial charge >= 0.3 is 5.97 Å². The number of nitrogens with zero attached hydrogens (tertiary/aromatic N) is 3. The molecule has 1 amide bonds. The Kier molecular flexibility index (Phi) is 7.31. The predicted molar refractivity (Wildman–Crippen MR) is 115 cm³/mol. The Balaban J connectivity index is 1.77. The zero-order valence-electron chi connectivity index (χ0n) is 18.3. The molecular weight excluding hydrogens is 384 g/mol. The highest BCUT2D eigenvalue weighted by molar-refractivity contribution is 6.05. The highest BCUT2D eigenvalue weighted by atomic mass is 16.5. The molecule has 8 heteroatoms. The number of carbonyl (C=O) groups is 2. The monoisotopic (exact) mass is 416 g/mol. The number of fused-ring (bicyclic) bond motifs is 1. The number of hydrogen-bond acceptors (Lipinski definition) is 7. The van der Waals surface area contributed by atoms with Gasteiger partial charge < -0.3 is 19.3 Å². The minimum absolute atomic E-state index is 0.0763. The summed E-state index contributed by atoms with van der Waals surface area (Å²) < 4.78 is 10.8. The van der Waals surface area contributed by atoms with Gasteiger partial charge in [0.05, 0.1) is 25.3 Å². The highest BCUT2D eigenvalue weighted by Crippen LogP contribution is 2.31. The minimum Gasteiger partial charge on any atom is -0.493 e. The van der Waals surface area contributed by atoms with Crippen LogP contribution in [0, 0.1) is 0 Å². The second-order valence-electron chi connectivity index (χ2n) is 7.72. The average Bonchev–Trinajstić information content (AvgIpc) is 3.33. The molecule has 1 N–H and O–H groups in total. The van der Waals surface area contributed by atoms with Gasteiger partial charge in [0.1, 0.15) is 23.8 Å². The maximum absolute atomic E-state index is 12.8. The SMILES string of the molecule is CCCN(CCC)C(=O)CNC1C(C2=CCC(C)O2)N=C2C=C(C(=O)OC)C=CN21. The summed E-state index contributed by atoms with van der Waals surface area (Å²) in [6.45, 7) is 7.89. The Morgan fingerprint density at radius 1 is 1.33 bits per heavy atom. The van der Waals surface area contributed by atoms with E-state index in [0.29, 0.717) is 11.4 Å². The molecule has 3 rings (SSSR count). The second kappa shape index (κ2) is 9.93. The van der Waals surface area contributed by atoms with Gasteiger partial charge in [0.2, 0.25) is 5.91 Å². The number of rotatable bonds is 9. The van der Waals surface area contributed by atoms with Gasteiger partial charge in [0, 0.05) is 25.7 Å². The maximum atomic E-state index is 12.8. The topological polar surface area (TPSA) is 83.5 Å². The Hall–Kier alpha value is -2.61. The molecule has 3 aliphatic rings. The van der Waals surface area contributed by atoms with Crippen LogP contribution in [0.25, 0.3) is 0 Å². The van der Waals surface area contributed by atoms with Gasteiger partial charge in [0.15, 0.2) is 0 Å². The first-order valence-electron chi connectivity index (χ1n) is 10.7. The van der Waals surface area contributed by atoms with E-state index in [2.05, 4.69) is 25.2 Å². The molecular formula is C22H32N4O4. The van der Waals surface area contributed by atoms with Crippen molar-refractivity contribution < 1.29 is 19.1 Å². The standard InChI is InChI=1S/C22H32N4O4/c1-5-10-25(11-6-2)19(27)14-23-21-20(17-8-7-15(3)30-17)24-18-13-16(22(28)29-4)9-12-26(18)21/h8-9,12-13,15,20-21,23H,5-7,10-11,14H2,1-4H3. The molecule has 3 atom stereocenters. The van der Waals surface area contributed by atoms with E-state index < -0.39 is 5.97 Å². The van der Waals surface area contributed by atoms with Crippen molar-refractivity contribution >= 4 is 17.7 Å². The lowest BCUT2D eigenvalue weighted by atomic mass is 10.1. The quantitative estimate of drug-likeness (QED) is 0.579. The van der Waals surface area contributed by atoms with Crippen molar-refractivity contribution in [1.82, 2.24) is 15.1 Å². The van der Waals surface area contributed by atoms with Gasteiger partial charge in [-0.25, -0.2) is 4.79 Å². The molecule has 0 spiro atoms. The molecule has 3 unspecified atom stereocenters. The lowest BCUT2D eigenvalue weighted by Crippen LogP contribution is -2.51. The molecule has 0 fully saturated rings. The largest absolute Gasteiger partial charge is 0.493 e. The van der Waals surface area contributed by atoms with Gasteiger partial charge in [-0.2, -0.15) is 0 Å². The number of hydrogen-bond donors (Lipinski definition) is 1. The van der Waals surface area contributed by atoms with Crippen molar-refractivity contribution in [2.24, 2.45) is 4.99 Å². The van der Waals surface area contributed by atoms with Crippen molar-refractivity contribution in [3.05, 3.63) is 35.8 Å². The van der Waals surface area contributed by atoms with Crippen LogP contribution in [0.3, 0.4) is 0 Å². The van der Waals surface area contributed by atoms with E-state index in [1.54, 1.807) is 12.2 Å². The number of esters is 1. The summed E-state index contributed by atoms with van der Waals surface area (Å²) in [5.74, 6) is 1.12. The van der Waals surface area contributed by atoms with E-state index in [9.17, 15) is 9.59 Å². The molecule has 0 bridgehead atoms. The summed E-state index contributed by atoms with van der Waals surface area (Å²) in [6, 6.07) is -0.290. The highest BCUT2D eigenvalue weighted by Gasteiger charge is 2.40. The summed E-state index contributed by atoms with van der Waals surface area (Å²) in [5.41, 5.74) is 0.440. The number of ether oxygens (including phenoxy) is 2. The van der Waals surface area contributed by atoms with E-state index in [1.165, 1.54) is 7.11 Å². The van der Waals surface area contributed by atoms with Crippen LogP contribution in [0.2, 0.25) is 0 Å². The molecule has 0 aromatic rings. The zero-order valence-corrected chi connectivity index (χ0v) is 18.3. The fourth-order valence-corrected chi connectivity index (χ4v) is 3.88. The second-order valence-corrected chi connectivity index (χ2v) is 7.72. The fraction of sp³-hybridized carbons (Fsp3) is 0.591. The van der Waals surface area contributed by atoms with Crippen LogP contribution in [0.15, 0.2) is 40.8 Å². The predicted octanol–water partition coefficient (Wildman–Crippen LogP) is 1.95. The lowest BCUT2D eigenvalue weighted by Gasteiger charge is -2.30. The number of amidine groups is 1. The molecule has 3 aliphatic heterocycles. The van der Waals surface area contributed by atoms with Gasteiger partial charge in [-0.15, -0.1) is 0 Å². The van der Waals surface area contributed by atoms with Gasteiger partial charge in [-0.1, -0.05) is 13.8 Å². The molecule has 8 nitrogen and oxygen atoms in total. The molecule has 0 radical (unpaired) electrons. The van der Waals surface area contributed by atoms with Crippen molar-refractivity contribution in [1.29, 1.82) is 0 Å². The molecule has 0 aromatic carbocycles. The molecule has 3 heterocycles. The van der Waals surface area contributed by atoms with E-state index in [-0.39, 0.29) is 30.8 Å². The summed E-state index contributed by atoms with van der Waals surface area (Å²) in [7, 11) is 1.36. The summed E-state index contributed by atoms with van der Waals surface area (Å²) >= 11 is 0. The molecule has 0 saturated heterocycles. The van der Waals surface area contributed by atoms with Crippen molar-refractivity contribution in [3.8, 4) is 0 Å². The Labute approximate surface area is 178 Å². The lowest BCUT2D eigenvalue weighted by molar-refractivity contribution is -0.135. The summed E-state index contributed by atoms with van der Waals surface area (Å²) in [4.78, 5) is 33.3. The van der Waals surface area contributed by atoms with Crippen LogP contribution in [0.4, 0.5) is 0 Å². The minimum atomic E-state index is -0.406. The summed E-state index contributed by atoms with van der Waals surface area (Å²) in [5, 5.41) is 3.38. The Morgan fingerprint density at radius 2 is 2.07 bits per heavy atom. The molecule has 0 saturated carbocycles. The number of amides is 1. The van der Waals surface area contributed by atoms with Crippen LogP contribution in [0.1, 0.15) is 40.0 Å². The normalized spacial score (nSPS) is 24.6. The van der Waals surface area contributed by atoms with Crippen LogP contribution in [0.5, 0.6) is 0 Å². The number of aliphatic imine (C=N–C) groups is 1. The van der Waals surface area contributed by atoms with E-state index in [1.807, 2.05) is 22.9 Å². The Morgan fingerprint density at radius 3 is 2.67 bits per heavy atom. The third kappa shape index (κ3) is 4.75. The van der Waals surface area contributed by atoms with Gasteiger partial charge in [-0.05, 0) is 38.0 Å².